The average Bonchev–Trinajstić information content (AvgIpc) is 2.37. The highest BCUT2D eigenvalue weighted by atomic mass is 19.4. The van der Waals surface area contributed by atoms with Crippen LogP contribution >= 0.6 is 0 Å². The summed E-state index contributed by atoms with van der Waals surface area (Å²) in [6.07, 6.45) is -5.17. The van der Waals surface area contributed by atoms with Gasteiger partial charge in [0.25, 0.3) is 0 Å². The number of aliphatic hydroxyl groups is 1. The van der Waals surface area contributed by atoms with E-state index in [0.717, 1.165) is 6.07 Å². The highest BCUT2D eigenvalue weighted by molar-refractivity contribution is 5.73. The summed E-state index contributed by atoms with van der Waals surface area (Å²) in [7, 11) is 0. The SMILES string of the molecule is CCOC(=O)Cc1ccc(C#N)c(C(F)(F)F)c1CO. The van der Waals surface area contributed by atoms with Gasteiger partial charge in [0.15, 0.2) is 0 Å². The molecule has 0 saturated carbocycles. The highest BCUT2D eigenvalue weighted by Crippen LogP contribution is 2.36. The summed E-state index contributed by atoms with van der Waals surface area (Å²) >= 11 is 0. The topological polar surface area (TPSA) is 70.3 Å². The van der Waals surface area contributed by atoms with Gasteiger partial charge in [0, 0.05) is 0 Å². The monoisotopic (exact) mass is 287 g/mol. The van der Waals surface area contributed by atoms with Crippen LogP contribution in [0.5, 0.6) is 0 Å². The van der Waals surface area contributed by atoms with Crippen molar-refractivity contribution in [1.82, 2.24) is 0 Å². The minimum absolute atomic E-state index is 0.00252. The lowest BCUT2D eigenvalue weighted by atomic mass is 9.94. The summed E-state index contributed by atoms with van der Waals surface area (Å²) in [4.78, 5) is 11.3. The fraction of sp³-hybridized carbons (Fsp3) is 0.385. The van der Waals surface area contributed by atoms with Crippen LogP contribution in [0.15, 0.2) is 12.1 Å². The number of alkyl halides is 3. The van der Waals surface area contributed by atoms with Crippen molar-refractivity contribution in [2.45, 2.75) is 26.1 Å². The first kappa shape index (κ1) is 16.0. The van der Waals surface area contributed by atoms with Crippen LogP contribution in [-0.4, -0.2) is 17.7 Å². The molecule has 0 saturated heterocycles. The number of hydrogen-bond acceptors (Lipinski definition) is 4. The summed E-state index contributed by atoms with van der Waals surface area (Å²) < 4.78 is 43.6. The Morgan fingerprint density at radius 2 is 2.10 bits per heavy atom. The van der Waals surface area contributed by atoms with Crippen LogP contribution in [0.4, 0.5) is 13.2 Å². The Bertz CT molecular complexity index is 547. The van der Waals surface area contributed by atoms with Gasteiger partial charge in [-0.05, 0) is 24.1 Å². The quantitative estimate of drug-likeness (QED) is 0.862. The molecule has 1 aromatic carbocycles. The number of rotatable bonds is 4. The van der Waals surface area contributed by atoms with Gasteiger partial charge in [0.05, 0.1) is 36.8 Å². The van der Waals surface area contributed by atoms with Crippen molar-refractivity contribution < 1.29 is 27.8 Å². The third-order valence-corrected chi connectivity index (χ3v) is 2.61. The van der Waals surface area contributed by atoms with E-state index in [9.17, 15) is 18.0 Å². The van der Waals surface area contributed by atoms with Gasteiger partial charge < -0.3 is 9.84 Å². The Hall–Kier alpha value is -2.07. The molecule has 20 heavy (non-hydrogen) atoms. The minimum atomic E-state index is -4.78. The molecule has 7 heteroatoms. The maximum Gasteiger partial charge on any atom is 0.418 e. The van der Waals surface area contributed by atoms with Gasteiger partial charge >= 0.3 is 12.1 Å². The predicted molar refractivity (Wildman–Crippen MR) is 62.4 cm³/mol. The van der Waals surface area contributed by atoms with Crippen molar-refractivity contribution in [3.8, 4) is 6.07 Å². The van der Waals surface area contributed by atoms with Crippen LogP contribution < -0.4 is 0 Å². The van der Waals surface area contributed by atoms with Crippen LogP contribution in [0.2, 0.25) is 0 Å². The average molecular weight is 287 g/mol. The summed E-state index contributed by atoms with van der Waals surface area (Å²) in [5.74, 6) is -0.694. The summed E-state index contributed by atoms with van der Waals surface area (Å²) in [5, 5.41) is 17.9. The lowest BCUT2D eigenvalue weighted by molar-refractivity contribution is -0.143. The molecule has 0 aliphatic carbocycles. The van der Waals surface area contributed by atoms with E-state index in [4.69, 9.17) is 10.4 Å². The number of carbonyl (C=O) groups excluding carboxylic acids is 1. The molecular weight excluding hydrogens is 275 g/mol. The van der Waals surface area contributed by atoms with E-state index in [1.807, 2.05) is 0 Å². The van der Waals surface area contributed by atoms with Crippen molar-refractivity contribution in [2.24, 2.45) is 0 Å². The van der Waals surface area contributed by atoms with Gasteiger partial charge in [-0.15, -0.1) is 0 Å². The number of esters is 1. The number of halogens is 3. The Kier molecular flexibility index (Phi) is 5.11. The van der Waals surface area contributed by atoms with Crippen LogP contribution in [0, 0.1) is 11.3 Å². The fourth-order valence-corrected chi connectivity index (χ4v) is 1.82. The third kappa shape index (κ3) is 3.48. The molecule has 0 aliphatic heterocycles. The number of carbonyl (C=O) groups is 1. The standard InChI is InChI=1S/C13H12F3NO3/c1-2-20-11(19)5-8-3-4-9(6-17)12(10(8)7-18)13(14,15)16/h3-4,18H,2,5,7H2,1H3. The summed E-state index contributed by atoms with van der Waals surface area (Å²) in [6, 6.07) is 3.64. The number of nitrogens with zero attached hydrogens (tertiary/aromatic N) is 1. The number of ether oxygens (including phenoxy) is 1. The maximum absolute atomic E-state index is 13.0. The number of aliphatic hydroxyl groups excluding tert-OH is 1. The first-order chi connectivity index (χ1) is 9.35. The normalized spacial score (nSPS) is 11.0. The molecule has 0 heterocycles. The van der Waals surface area contributed by atoms with Crippen molar-refractivity contribution in [1.29, 1.82) is 5.26 Å². The molecule has 108 valence electrons. The first-order valence-electron chi connectivity index (χ1n) is 5.73. The molecule has 1 aromatic rings. The van der Waals surface area contributed by atoms with E-state index in [1.54, 1.807) is 6.92 Å². The van der Waals surface area contributed by atoms with Crippen LogP contribution in [-0.2, 0) is 28.7 Å². The Morgan fingerprint density at radius 1 is 1.45 bits per heavy atom. The van der Waals surface area contributed by atoms with Gasteiger partial charge in [-0.3, -0.25) is 4.79 Å². The fourth-order valence-electron chi connectivity index (χ4n) is 1.82. The predicted octanol–water partition coefficient (Wildman–Crippen LogP) is 2.17. The summed E-state index contributed by atoms with van der Waals surface area (Å²) in [5.41, 5.74) is -2.26. The zero-order chi connectivity index (χ0) is 15.3. The van der Waals surface area contributed by atoms with Gasteiger partial charge in [-0.1, -0.05) is 6.07 Å². The molecule has 0 atom stereocenters. The van der Waals surface area contributed by atoms with E-state index >= 15 is 0 Å². The molecule has 0 amide bonds. The van der Waals surface area contributed by atoms with Crippen molar-refractivity contribution in [2.75, 3.05) is 6.61 Å². The molecular formula is C13H12F3NO3. The Morgan fingerprint density at radius 3 is 2.55 bits per heavy atom. The number of nitriles is 1. The van der Waals surface area contributed by atoms with Crippen molar-refractivity contribution in [3.05, 3.63) is 34.4 Å². The second-order valence-corrected chi connectivity index (χ2v) is 3.88. The van der Waals surface area contributed by atoms with Gasteiger partial charge in [-0.2, -0.15) is 18.4 Å². The molecule has 0 fully saturated rings. The zero-order valence-corrected chi connectivity index (χ0v) is 10.6. The molecule has 0 radical (unpaired) electrons. The second kappa shape index (κ2) is 6.39. The molecule has 0 bridgehead atoms. The number of benzene rings is 1. The van der Waals surface area contributed by atoms with Crippen LogP contribution in [0.3, 0.4) is 0 Å². The first-order valence-corrected chi connectivity index (χ1v) is 5.73. The third-order valence-electron chi connectivity index (χ3n) is 2.61. The van der Waals surface area contributed by atoms with Crippen LogP contribution in [0.25, 0.3) is 0 Å². The van der Waals surface area contributed by atoms with Gasteiger partial charge in [-0.25, -0.2) is 0 Å². The van der Waals surface area contributed by atoms with Crippen molar-refractivity contribution >= 4 is 5.97 Å². The molecule has 0 unspecified atom stereocenters. The molecule has 0 aromatic heterocycles. The summed E-state index contributed by atoms with van der Waals surface area (Å²) in [6.45, 7) is 0.763. The maximum atomic E-state index is 13.0. The zero-order valence-electron chi connectivity index (χ0n) is 10.6. The smallest absolute Gasteiger partial charge is 0.418 e. The minimum Gasteiger partial charge on any atom is -0.466 e. The number of hydrogen-bond donors (Lipinski definition) is 1. The highest BCUT2D eigenvalue weighted by Gasteiger charge is 2.37. The van der Waals surface area contributed by atoms with E-state index in [2.05, 4.69) is 4.74 Å². The van der Waals surface area contributed by atoms with E-state index in [1.165, 1.54) is 12.1 Å². The molecule has 1 rings (SSSR count). The van der Waals surface area contributed by atoms with Gasteiger partial charge in [0.1, 0.15) is 0 Å². The van der Waals surface area contributed by atoms with E-state index in [-0.39, 0.29) is 12.2 Å². The molecule has 0 aliphatic rings. The molecule has 4 nitrogen and oxygen atoms in total. The van der Waals surface area contributed by atoms with E-state index < -0.39 is 41.9 Å². The lowest BCUT2D eigenvalue weighted by Crippen LogP contribution is -2.16. The second-order valence-electron chi connectivity index (χ2n) is 3.88. The Balaban J connectivity index is 3.35. The molecule has 1 N–H and O–H groups in total. The van der Waals surface area contributed by atoms with E-state index in [0.29, 0.717) is 0 Å². The van der Waals surface area contributed by atoms with Gasteiger partial charge in [0.2, 0.25) is 0 Å². The van der Waals surface area contributed by atoms with Crippen LogP contribution in [0.1, 0.15) is 29.2 Å². The Labute approximate surface area is 113 Å². The molecule has 0 spiro atoms. The van der Waals surface area contributed by atoms with Crippen molar-refractivity contribution in [3.63, 3.8) is 0 Å². The lowest BCUT2D eigenvalue weighted by Gasteiger charge is -2.16. The largest absolute Gasteiger partial charge is 0.466 e.